The maximum atomic E-state index is 6.02. The maximum absolute atomic E-state index is 6.02. The molecule has 1 aliphatic heterocycles. The van der Waals surface area contributed by atoms with Crippen LogP contribution in [0.4, 0.5) is 5.82 Å². The Labute approximate surface area is 118 Å². The van der Waals surface area contributed by atoms with Gasteiger partial charge in [-0.25, -0.2) is 0 Å². The van der Waals surface area contributed by atoms with Crippen LogP contribution in [-0.2, 0) is 11.8 Å². The average Bonchev–Trinajstić information content (AvgIpc) is 2.80. The number of benzene rings is 1. The lowest BCUT2D eigenvalue weighted by molar-refractivity contribution is 0.0256. The van der Waals surface area contributed by atoms with E-state index in [1.807, 2.05) is 31.3 Å². The lowest BCUT2D eigenvalue weighted by Crippen LogP contribution is -2.25. The third-order valence-electron chi connectivity index (χ3n) is 3.60. The van der Waals surface area contributed by atoms with Crippen molar-refractivity contribution in [2.24, 2.45) is 7.05 Å². The molecular formula is C15H19N3O2. The van der Waals surface area contributed by atoms with Crippen molar-refractivity contribution in [1.82, 2.24) is 9.78 Å². The summed E-state index contributed by atoms with van der Waals surface area (Å²) in [5.41, 5.74) is 7.98. The van der Waals surface area contributed by atoms with E-state index in [9.17, 15) is 0 Å². The average molecular weight is 273 g/mol. The predicted molar refractivity (Wildman–Crippen MR) is 77.5 cm³/mol. The molecule has 0 radical (unpaired) electrons. The van der Waals surface area contributed by atoms with Crippen molar-refractivity contribution in [2.75, 3.05) is 18.9 Å². The Hall–Kier alpha value is -2.01. The van der Waals surface area contributed by atoms with Crippen molar-refractivity contribution in [3.05, 3.63) is 30.5 Å². The van der Waals surface area contributed by atoms with Gasteiger partial charge in [0.05, 0.1) is 19.4 Å². The Bertz CT molecular complexity index is 589. The molecule has 0 saturated carbocycles. The van der Waals surface area contributed by atoms with E-state index in [0.29, 0.717) is 5.82 Å². The Morgan fingerprint density at radius 3 is 2.85 bits per heavy atom. The summed E-state index contributed by atoms with van der Waals surface area (Å²) in [7, 11) is 1.83. The highest BCUT2D eigenvalue weighted by atomic mass is 16.5. The molecule has 106 valence electrons. The number of anilines is 1. The lowest BCUT2D eigenvalue weighted by atomic mass is 10.1. The van der Waals surface area contributed by atoms with Crippen molar-refractivity contribution < 1.29 is 9.47 Å². The van der Waals surface area contributed by atoms with Gasteiger partial charge in [-0.2, -0.15) is 5.10 Å². The van der Waals surface area contributed by atoms with Gasteiger partial charge in [-0.1, -0.05) is 12.1 Å². The number of hydrogen-bond acceptors (Lipinski definition) is 4. The topological polar surface area (TPSA) is 62.3 Å². The van der Waals surface area contributed by atoms with Crippen LogP contribution in [0.1, 0.15) is 12.8 Å². The molecule has 0 bridgehead atoms. The first kappa shape index (κ1) is 13.0. The first-order valence-electron chi connectivity index (χ1n) is 6.86. The van der Waals surface area contributed by atoms with E-state index < -0.39 is 0 Å². The number of rotatable bonds is 3. The summed E-state index contributed by atoms with van der Waals surface area (Å²) in [5, 5.41) is 4.17. The van der Waals surface area contributed by atoms with E-state index in [1.165, 1.54) is 0 Å². The largest absolute Gasteiger partial charge is 0.490 e. The van der Waals surface area contributed by atoms with Gasteiger partial charge in [0.25, 0.3) is 0 Å². The molecule has 1 aliphatic rings. The number of nitrogens with zero attached hydrogens (tertiary/aromatic N) is 2. The third kappa shape index (κ3) is 2.63. The Morgan fingerprint density at radius 2 is 2.15 bits per heavy atom. The highest BCUT2D eigenvalue weighted by Crippen LogP contribution is 2.29. The van der Waals surface area contributed by atoms with Crippen molar-refractivity contribution in [3.8, 4) is 16.9 Å². The van der Waals surface area contributed by atoms with Crippen LogP contribution >= 0.6 is 0 Å². The summed E-state index contributed by atoms with van der Waals surface area (Å²) in [4.78, 5) is 0. The maximum Gasteiger partial charge on any atom is 0.129 e. The lowest BCUT2D eigenvalue weighted by Gasteiger charge is -2.23. The van der Waals surface area contributed by atoms with E-state index in [4.69, 9.17) is 15.2 Å². The van der Waals surface area contributed by atoms with Crippen molar-refractivity contribution in [1.29, 1.82) is 0 Å². The molecule has 2 heterocycles. The van der Waals surface area contributed by atoms with Gasteiger partial charge in [0.1, 0.15) is 17.7 Å². The second kappa shape index (κ2) is 5.54. The van der Waals surface area contributed by atoms with Gasteiger partial charge in [0.15, 0.2) is 0 Å². The monoisotopic (exact) mass is 273 g/mol. The van der Waals surface area contributed by atoms with E-state index >= 15 is 0 Å². The van der Waals surface area contributed by atoms with Gasteiger partial charge < -0.3 is 15.2 Å². The molecule has 0 aliphatic carbocycles. The molecule has 3 rings (SSSR count). The minimum absolute atomic E-state index is 0.241. The Morgan fingerprint density at radius 1 is 1.35 bits per heavy atom. The minimum Gasteiger partial charge on any atom is -0.490 e. The zero-order chi connectivity index (χ0) is 13.9. The van der Waals surface area contributed by atoms with Gasteiger partial charge in [-0.05, 0) is 17.7 Å². The van der Waals surface area contributed by atoms with Crippen LogP contribution in [-0.4, -0.2) is 29.1 Å². The quantitative estimate of drug-likeness (QED) is 0.931. The molecule has 0 spiro atoms. The highest BCUT2D eigenvalue weighted by molar-refractivity contribution is 5.74. The summed E-state index contributed by atoms with van der Waals surface area (Å²) in [6.07, 6.45) is 3.91. The zero-order valence-corrected chi connectivity index (χ0v) is 11.6. The van der Waals surface area contributed by atoms with Gasteiger partial charge >= 0.3 is 0 Å². The van der Waals surface area contributed by atoms with Crippen molar-refractivity contribution >= 4 is 5.82 Å². The number of nitrogen functional groups attached to an aromatic ring is 1. The van der Waals surface area contributed by atoms with Gasteiger partial charge in [-0.3, -0.25) is 4.68 Å². The van der Waals surface area contributed by atoms with Crippen molar-refractivity contribution in [2.45, 2.75) is 18.9 Å². The fourth-order valence-electron chi connectivity index (χ4n) is 2.39. The number of hydrogen-bond donors (Lipinski definition) is 1. The molecule has 1 aromatic carbocycles. The summed E-state index contributed by atoms with van der Waals surface area (Å²) in [6.45, 7) is 1.56. The van der Waals surface area contributed by atoms with Crippen LogP contribution in [0.25, 0.3) is 11.1 Å². The van der Waals surface area contributed by atoms with Crippen LogP contribution in [0.3, 0.4) is 0 Å². The van der Waals surface area contributed by atoms with Gasteiger partial charge in [-0.15, -0.1) is 0 Å². The second-order valence-corrected chi connectivity index (χ2v) is 5.02. The molecule has 0 atom stereocenters. The number of nitrogens with two attached hydrogens (primary N) is 1. The van der Waals surface area contributed by atoms with Crippen molar-refractivity contribution in [3.63, 3.8) is 0 Å². The fourth-order valence-corrected chi connectivity index (χ4v) is 2.39. The van der Waals surface area contributed by atoms with Gasteiger partial charge in [0, 0.05) is 25.5 Å². The molecule has 1 saturated heterocycles. The number of aromatic nitrogens is 2. The minimum atomic E-state index is 0.241. The van der Waals surface area contributed by atoms with E-state index in [-0.39, 0.29) is 6.10 Å². The van der Waals surface area contributed by atoms with Crippen LogP contribution < -0.4 is 10.5 Å². The molecular weight excluding hydrogens is 254 g/mol. The van der Waals surface area contributed by atoms with E-state index in [2.05, 4.69) is 5.10 Å². The number of ether oxygens (including phenoxy) is 2. The summed E-state index contributed by atoms with van der Waals surface area (Å²) in [5.74, 6) is 1.53. The SMILES string of the molecule is Cn1ncc(-c2cccc(OC3CCOCC3)c2)c1N. The molecule has 5 heteroatoms. The molecule has 5 nitrogen and oxygen atoms in total. The zero-order valence-electron chi connectivity index (χ0n) is 11.6. The molecule has 0 unspecified atom stereocenters. The summed E-state index contributed by atoms with van der Waals surface area (Å²) >= 11 is 0. The first-order chi connectivity index (χ1) is 9.74. The Kier molecular flexibility index (Phi) is 3.60. The summed E-state index contributed by atoms with van der Waals surface area (Å²) in [6, 6.07) is 8.00. The first-order valence-corrected chi connectivity index (χ1v) is 6.86. The fraction of sp³-hybridized carbons (Fsp3) is 0.400. The third-order valence-corrected chi connectivity index (χ3v) is 3.60. The molecule has 2 N–H and O–H groups in total. The molecule has 20 heavy (non-hydrogen) atoms. The number of aryl methyl sites for hydroxylation is 1. The van der Waals surface area contributed by atoms with E-state index in [1.54, 1.807) is 10.9 Å². The molecule has 1 aromatic heterocycles. The van der Waals surface area contributed by atoms with Crippen LogP contribution in [0.2, 0.25) is 0 Å². The molecule has 0 amide bonds. The smallest absolute Gasteiger partial charge is 0.129 e. The van der Waals surface area contributed by atoms with Gasteiger partial charge in [0.2, 0.25) is 0 Å². The predicted octanol–water partition coefficient (Wildman–Crippen LogP) is 2.23. The summed E-state index contributed by atoms with van der Waals surface area (Å²) < 4.78 is 13.0. The second-order valence-electron chi connectivity index (χ2n) is 5.02. The van der Waals surface area contributed by atoms with Crippen LogP contribution in [0.15, 0.2) is 30.5 Å². The van der Waals surface area contributed by atoms with E-state index in [0.717, 1.165) is 42.9 Å². The normalized spacial score (nSPS) is 16.2. The standard InChI is InChI=1S/C15H19N3O2/c1-18-15(16)14(10-17-18)11-3-2-4-13(9-11)20-12-5-7-19-8-6-12/h2-4,9-10,12H,5-8,16H2,1H3. The molecule has 1 fully saturated rings. The van der Waals surface area contributed by atoms with Crippen LogP contribution in [0.5, 0.6) is 5.75 Å². The van der Waals surface area contributed by atoms with Crippen LogP contribution in [0, 0.1) is 0 Å². The molecule has 2 aromatic rings. The highest BCUT2D eigenvalue weighted by Gasteiger charge is 2.16. The Balaban J connectivity index is 1.80.